The number of anilines is 1. The molecule has 8 heteroatoms. The van der Waals surface area contributed by atoms with Crippen LogP contribution in [0.4, 0.5) is 27.6 Å². The zero-order valence-corrected chi connectivity index (χ0v) is 10.5. The van der Waals surface area contributed by atoms with Crippen LogP contribution in [0.2, 0.25) is 0 Å². The van der Waals surface area contributed by atoms with E-state index in [0.717, 1.165) is 0 Å². The second-order valence-electron chi connectivity index (χ2n) is 4.56. The summed E-state index contributed by atoms with van der Waals surface area (Å²) >= 11 is 0. The maximum Gasteiger partial charge on any atom is 0.405 e. The van der Waals surface area contributed by atoms with Gasteiger partial charge in [-0.1, -0.05) is 0 Å². The highest BCUT2D eigenvalue weighted by molar-refractivity contribution is 5.68. The van der Waals surface area contributed by atoms with Gasteiger partial charge in [0, 0.05) is 12.1 Å². The maximum absolute atomic E-state index is 13.0. The summed E-state index contributed by atoms with van der Waals surface area (Å²) in [6, 6.07) is 4.16. The van der Waals surface area contributed by atoms with E-state index < -0.39 is 25.2 Å². The Kier molecular flexibility index (Phi) is 3.73. The minimum absolute atomic E-state index is 0.0295. The van der Waals surface area contributed by atoms with Crippen LogP contribution in [0.1, 0.15) is 16.7 Å². The van der Waals surface area contributed by atoms with E-state index in [1.807, 2.05) is 0 Å². The first-order chi connectivity index (χ1) is 9.78. The van der Waals surface area contributed by atoms with E-state index in [9.17, 15) is 22.0 Å². The van der Waals surface area contributed by atoms with Crippen molar-refractivity contribution >= 4 is 5.69 Å². The molecule has 1 aromatic rings. The minimum Gasteiger partial charge on any atom is -0.353 e. The van der Waals surface area contributed by atoms with Gasteiger partial charge in [-0.05, 0) is 17.7 Å². The predicted octanol–water partition coefficient (Wildman–Crippen LogP) is 2.99. The fraction of sp³-hybridized carbons (Fsp3) is 0.385. The molecule has 3 nitrogen and oxygen atoms in total. The molecule has 0 amide bonds. The van der Waals surface area contributed by atoms with Crippen molar-refractivity contribution in [3.63, 3.8) is 0 Å². The van der Waals surface area contributed by atoms with Crippen molar-refractivity contribution < 1.29 is 22.0 Å². The molecule has 2 rings (SSSR count). The van der Waals surface area contributed by atoms with E-state index in [1.54, 1.807) is 12.1 Å². The number of halogens is 5. The molecule has 0 N–H and O–H groups in total. The number of fused-ring (bicyclic) bond motifs is 1. The lowest BCUT2D eigenvalue weighted by Gasteiger charge is -2.27. The van der Waals surface area contributed by atoms with Crippen molar-refractivity contribution in [1.82, 2.24) is 0 Å². The number of benzene rings is 1. The average molecular weight is 301 g/mol. The van der Waals surface area contributed by atoms with Crippen LogP contribution in [0.5, 0.6) is 0 Å². The third-order valence-electron chi connectivity index (χ3n) is 3.28. The smallest absolute Gasteiger partial charge is 0.353 e. The molecule has 0 aromatic heterocycles. The lowest BCUT2D eigenvalue weighted by molar-refractivity contribution is -0.121. The lowest BCUT2D eigenvalue weighted by Crippen LogP contribution is -2.43. The van der Waals surface area contributed by atoms with Crippen molar-refractivity contribution in [2.24, 2.45) is 0 Å². The molecule has 0 saturated carbocycles. The molecule has 0 fully saturated rings. The van der Waals surface area contributed by atoms with Gasteiger partial charge in [-0.15, -0.1) is 0 Å². The minimum atomic E-state index is -4.64. The first kappa shape index (κ1) is 15.0. The van der Waals surface area contributed by atoms with Crippen molar-refractivity contribution in [2.75, 3.05) is 11.4 Å². The summed E-state index contributed by atoms with van der Waals surface area (Å²) in [5.41, 5.74) is -0.150. The van der Waals surface area contributed by atoms with Crippen molar-refractivity contribution in [3.8, 4) is 12.1 Å². The van der Waals surface area contributed by atoms with Crippen LogP contribution in [0.25, 0.3) is 0 Å². The third-order valence-corrected chi connectivity index (χ3v) is 3.28. The van der Waals surface area contributed by atoms with Crippen molar-refractivity contribution in [1.29, 1.82) is 10.5 Å². The van der Waals surface area contributed by atoms with Gasteiger partial charge in [0.15, 0.2) is 0 Å². The van der Waals surface area contributed by atoms with Crippen LogP contribution in [-0.2, 0) is 6.42 Å². The summed E-state index contributed by atoms with van der Waals surface area (Å²) in [7, 11) is 0. The van der Waals surface area contributed by atoms with Gasteiger partial charge in [-0.2, -0.15) is 23.7 Å². The third kappa shape index (κ3) is 2.75. The van der Waals surface area contributed by atoms with Crippen LogP contribution in [-0.4, -0.2) is 25.2 Å². The lowest BCUT2D eigenvalue weighted by atomic mass is 9.99. The largest absolute Gasteiger partial charge is 0.405 e. The molecule has 1 aliphatic rings. The summed E-state index contributed by atoms with van der Waals surface area (Å²) in [6.45, 7) is -1.52. The van der Waals surface area contributed by atoms with Gasteiger partial charge >= 0.3 is 6.18 Å². The number of hydrogen-bond donors (Lipinski definition) is 0. The van der Waals surface area contributed by atoms with Gasteiger partial charge < -0.3 is 4.90 Å². The molecule has 0 spiro atoms. The van der Waals surface area contributed by atoms with Crippen LogP contribution < -0.4 is 4.90 Å². The average Bonchev–Trinajstić information content (AvgIpc) is 2.74. The van der Waals surface area contributed by atoms with Crippen molar-refractivity contribution in [3.05, 3.63) is 28.8 Å². The Morgan fingerprint density at radius 1 is 1.24 bits per heavy atom. The number of nitriles is 2. The van der Waals surface area contributed by atoms with Crippen molar-refractivity contribution in [2.45, 2.75) is 25.1 Å². The fourth-order valence-electron chi connectivity index (χ4n) is 2.45. The molecule has 0 aliphatic carbocycles. The molecule has 1 aliphatic heterocycles. The Labute approximate surface area is 116 Å². The Morgan fingerprint density at radius 2 is 1.90 bits per heavy atom. The highest BCUT2D eigenvalue weighted by atomic mass is 19.4. The number of alkyl halides is 5. The van der Waals surface area contributed by atoms with Crippen LogP contribution in [0.3, 0.4) is 0 Å². The van der Waals surface area contributed by atoms with Crippen LogP contribution in [0.15, 0.2) is 12.1 Å². The first-order valence-electron chi connectivity index (χ1n) is 5.86. The standard InChI is InChI=1S/C13H8F5N3/c14-12(15)11-3-8-9(5-20)7(4-19)1-2-10(8)21(11)6-13(16,17)18/h1-2,11-12H,3,6H2. The highest BCUT2D eigenvalue weighted by Gasteiger charge is 2.43. The molecule has 1 aromatic carbocycles. The van der Waals surface area contributed by atoms with Gasteiger partial charge in [-0.3, -0.25) is 0 Å². The van der Waals surface area contributed by atoms with E-state index >= 15 is 0 Å². The molecule has 0 radical (unpaired) electrons. The quantitative estimate of drug-likeness (QED) is 0.789. The molecular formula is C13H8F5N3. The molecule has 0 saturated heterocycles. The number of nitrogens with zero attached hydrogens (tertiary/aromatic N) is 3. The maximum atomic E-state index is 13.0. The second-order valence-corrected chi connectivity index (χ2v) is 4.56. The zero-order valence-electron chi connectivity index (χ0n) is 10.5. The van der Waals surface area contributed by atoms with E-state index in [1.165, 1.54) is 12.1 Å². The zero-order chi connectivity index (χ0) is 15.8. The van der Waals surface area contributed by atoms with Gasteiger partial charge in [0.1, 0.15) is 18.7 Å². The summed E-state index contributed by atoms with van der Waals surface area (Å²) in [5, 5.41) is 17.9. The molecule has 1 atom stereocenters. The van der Waals surface area contributed by atoms with Crippen LogP contribution in [0, 0.1) is 22.7 Å². The monoisotopic (exact) mass is 301 g/mol. The normalized spacial score (nSPS) is 17.5. The predicted molar refractivity (Wildman–Crippen MR) is 62.8 cm³/mol. The molecule has 21 heavy (non-hydrogen) atoms. The fourth-order valence-corrected chi connectivity index (χ4v) is 2.45. The van der Waals surface area contributed by atoms with Crippen LogP contribution >= 0.6 is 0 Å². The van der Waals surface area contributed by atoms with E-state index in [2.05, 4.69) is 0 Å². The van der Waals surface area contributed by atoms with Gasteiger partial charge in [-0.25, -0.2) is 8.78 Å². The Balaban J connectivity index is 2.54. The molecule has 1 heterocycles. The highest BCUT2D eigenvalue weighted by Crippen LogP contribution is 2.39. The summed E-state index contributed by atoms with van der Waals surface area (Å²) in [4.78, 5) is 0.558. The Hall–Kier alpha value is -2.35. The SMILES string of the molecule is N#Cc1ccc2c(c1C#N)CC(C(F)F)N2CC(F)(F)F. The summed E-state index contributed by atoms with van der Waals surface area (Å²) in [5.74, 6) is 0. The summed E-state index contributed by atoms with van der Waals surface area (Å²) < 4.78 is 63.7. The molecule has 110 valence electrons. The van der Waals surface area contributed by atoms with Gasteiger partial charge in [0.2, 0.25) is 0 Å². The topological polar surface area (TPSA) is 50.8 Å². The van der Waals surface area contributed by atoms with E-state index in [4.69, 9.17) is 10.5 Å². The van der Waals surface area contributed by atoms with E-state index in [0.29, 0.717) is 4.90 Å². The Bertz CT molecular complexity index is 639. The number of rotatable bonds is 2. The second kappa shape index (κ2) is 5.21. The molecular weight excluding hydrogens is 293 g/mol. The Morgan fingerprint density at radius 3 is 2.38 bits per heavy atom. The first-order valence-corrected chi connectivity index (χ1v) is 5.86. The number of hydrogen-bond acceptors (Lipinski definition) is 3. The summed E-state index contributed by atoms with van der Waals surface area (Å²) in [6.07, 6.45) is -8.02. The van der Waals surface area contributed by atoms with E-state index in [-0.39, 0.29) is 28.8 Å². The molecule has 1 unspecified atom stereocenters. The van der Waals surface area contributed by atoms with Gasteiger partial charge in [0.05, 0.1) is 17.2 Å². The van der Waals surface area contributed by atoms with Gasteiger partial charge in [0.25, 0.3) is 6.43 Å². The molecule has 0 bridgehead atoms.